The Hall–Kier alpha value is -1.39. The normalized spacial score (nSPS) is 13.2. The summed E-state index contributed by atoms with van der Waals surface area (Å²) in [6.45, 7) is 9.13. The molecule has 1 heterocycles. The maximum Gasteiger partial charge on any atom is 0.119 e. The molecular weight excluding hydrogens is 268 g/mol. The molecule has 1 aromatic heterocycles. The first-order valence-corrected chi connectivity index (χ1v) is 7.74. The van der Waals surface area contributed by atoms with Crippen LogP contribution in [0.5, 0.6) is 5.75 Å². The minimum atomic E-state index is -0.174. The highest BCUT2D eigenvalue weighted by Gasteiger charge is 2.20. The smallest absolute Gasteiger partial charge is 0.119 e. The lowest BCUT2D eigenvalue weighted by atomic mass is 9.93. The van der Waals surface area contributed by atoms with E-state index in [0.29, 0.717) is 6.61 Å². The Kier molecular flexibility index (Phi) is 4.45. The highest BCUT2D eigenvalue weighted by atomic mass is 32.1. The Morgan fingerprint density at radius 3 is 2.40 bits per heavy atom. The summed E-state index contributed by atoms with van der Waals surface area (Å²) in [6.07, 6.45) is 0. The van der Waals surface area contributed by atoms with Gasteiger partial charge < -0.3 is 10.5 Å². The van der Waals surface area contributed by atoms with Crippen molar-refractivity contribution in [3.05, 3.63) is 45.9 Å². The highest BCUT2D eigenvalue weighted by Crippen LogP contribution is 2.29. The standard InChI is InChI=1S/C16H22N2OS/c1-5-19-12-8-6-11(7-9-12)14(17)15-18-13(10-20-15)16(2,3)4/h6-10,14H,5,17H2,1-4H3. The lowest BCUT2D eigenvalue weighted by Crippen LogP contribution is -2.15. The first-order chi connectivity index (χ1) is 9.41. The molecule has 0 saturated carbocycles. The van der Waals surface area contributed by atoms with Crippen molar-refractivity contribution in [2.75, 3.05) is 6.61 Å². The van der Waals surface area contributed by atoms with E-state index in [9.17, 15) is 0 Å². The monoisotopic (exact) mass is 290 g/mol. The molecule has 2 rings (SSSR count). The fraction of sp³-hybridized carbons (Fsp3) is 0.438. The second-order valence-corrected chi connectivity index (χ2v) is 6.69. The molecule has 0 aliphatic heterocycles. The highest BCUT2D eigenvalue weighted by molar-refractivity contribution is 7.09. The van der Waals surface area contributed by atoms with E-state index in [1.807, 2.05) is 31.2 Å². The van der Waals surface area contributed by atoms with Crippen molar-refractivity contribution in [1.82, 2.24) is 4.98 Å². The van der Waals surface area contributed by atoms with Crippen molar-refractivity contribution in [3.63, 3.8) is 0 Å². The van der Waals surface area contributed by atoms with E-state index in [-0.39, 0.29) is 11.5 Å². The summed E-state index contributed by atoms with van der Waals surface area (Å²) in [6, 6.07) is 7.75. The lowest BCUT2D eigenvalue weighted by molar-refractivity contribution is 0.340. The zero-order chi connectivity index (χ0) is 14.8. The molecule has 0 spiro atoms. The van der Waals surface area contributed by atoms with Gasteiger partial charge in [0.05, 0.1) is 18.3 Å². The van der Waals surface area contributed by atoms with Crippen LogP contribution in [0.4, 0.5) is 0 Å². The molecule has 3 nitrogen and oxygen atoms in total. The van der Waals surface area contributed by atoms with Gasteiger partial charge in [-0.3, -0.25) is 0 Å². The minimum absolute atomic E-state index is 0.0628. The number of aromatic nitrogens is 1. The molecule has 0 bridgehead atoms. The second-order valence-electron chi connectivity index (χ2n) is 5.80. The summed E-state index contributed by atoms with van der Waals surface area (Å²) in [5.74, 6) is 0.873. The molecule has 0 saturated heterocycles. The summed E-state index contributed by atoms with van der Waals surface area (Å²) in [4.78, 5) is 4.68. The van der Waals surface area contributed by atoms with Crippen molar-refractivity contribution < 1.29 is 4.74 Å². The van der Waals surface area contributed by atoms with Gasteiger partial charge in [-0.25, -0.2) is 4.98 Å². The Bertz CT molecular complexity index is 555. The van der Waals surface area contributed by atoms with Crippen LogP contribution in [-0.4, -0.2) is 11.6 Å². The summed E-state index contributed by atoms with van der Waals surface area (Å²) < 4.78 is 5.44. The number of hydrogen-bond acceptors (Lipinski definition) is 4. The van der Waals surface area contributed by atoms with Gasteiger partial charge in [-0.05, 0) is 24.6 Å². The van der Waals surface area contributed by atoms with Crippen LogP contribution in [0.2, 0.25) is 0 Å². The van der Waals surface area contributed by atoms with Crippen LogP contribution in [0.15, 0.2) is 29.6 Å². The van der Waals surface area contributed by atoms with Gasteiger partial charge in [0.15, 0.2) is 0 Å². The second kappa shape index (κ2) is 5.94. The third-order valence-electron chi connectivity index (χ3n) is 3.11. The van der Waals surface area contributed by atoms with Crippen LogP contribution in [0, 0.1) is 0 Å². The maximum absolute atomic E-state index is 6.30. The molecule has 2 N–H and O–H groups in total. The largest absolute Gasteiger partial charge is 0.494 e. The predicted octanol–water partition coefficient (Wildman–Crippen LogP) is 3.89. The van der Waals surface area contributed by atoms with Gasteiger partial charge in [-0.15, -0.1) is 11.3 Å². The third-order valence-corrected chi connectivity index (χ3v) is 4.03. The van der Waals surface area contributed by atoms with E-state index in [2.05, 4.69) is 31.1 Å². The molecule has 1 unspecified atom stereocenters. The average molecular weight is 290 g/mol. The zero-order valence-electron chi connectivity index (χ0n) is 12.5. The van der Waals surface area contributed by atoms with E-state index in [0.717, 1.165) is 22.0 Å². The van der Waals surface area contributed by atoms with E-state index in [1.165, 1.54) is 0 Å². The van der Waals surface area contributed by atoms with Crippen LogP contribution in [-0.2, 0) is 5.41 Å². The number of benzene rings is 1. The van der Waals surface area contributed by atoms with Gasteiger partial charge in [-0.1, -0.05) is 32.9 Å². The molecule has 0 aliphatic rings. The van der Waals surface area contributed by atoms with Crippen molar-refractivity contribution in [2.24, 2.45) is 5.73 Å². The van der Waals surface area contributed by atoms with Crippen molar-refractivity contribution >= 4 is 11.3 Å². The van der Waals surface area contributed by atoms with Crippen LogP contribution >= 0.6 is 11.3 Å². The van der Waals surface area contributed by atoms with Gasteiger partial charge in [0.2, 0.25) is 0 Å². The van der Waals surface area contributed by atoms with E-state index in [4.69, 9.17) is 10.5 Å². The Balaban J connectivity index is 2.18. The zero-order valence-corrected chi connectivity index (χ0v) is 13.3. The van der Waals surface area contributed by atoms with Gasteiger partial charge in [-0.2, -0.15) is 0 Å². The van der Waals surface area contributed by atoms with Gasteiger partial charge in [0.25, 0.3) is 0 Å². The quantitative estimate of drug-likeness (QED) is 0.929. The number of hydrogen-bond donors (Lipinski definition) is 1. The lowest BCUT2D eigenvalue weighted by Gasteiger charge is -2.15. The van der Waals surface area contributed by atoms with Gasteiger partial charge >= 0.3 is 0 Å². The molecule has 108 valence electrons. The molecular formula is C16H22N2OS. The Labute approximate surface area is 124 Å². The summed E-state index contributed by atoms with van der Waals surface area (Å²) in [5.41, 5.74) is 8.52. The van der Waals surface area contributed by atoms with Crippen molar-refractivity contribution in [2.45, 2.75) is 39.2 Å². The van der Waals surface area contributed by atoms with Crippen molar-refractivity contribution in [3.8, 4) is 5.75 Å². The molecule has 20 heavy (non-hydrogen) atoms. The van der Waals surface area contributed by atoms with Crippen LogP contribution in [0.1, 0.15) is 50.0 Å². The summed E-state index contributed by atoms with van der Waals surface area (Å²) >= 11 is 1.63. The SMILES string of the molecule is CCOc1ccc(C(N)c2nc(C(C)(C)C)cs2)cc1. The first kappa shape index (κ1) is 15.0. The molecule has 0 aliphatic carbocycles. The fourth-order valence-electron chi connectivity index (χ4n) is 1.86. The third kappa shape index (κ3) is 3.38. The van der Waals surface area contributed by atoms with Crippen LogP contribution in [0.3, 0.4) is 0 Å². The van der Waals surface area contributed by atoms with Crippen LogP contribution < -0.4 is 10.5 Å². The summed E-state index contributed by atoms with van der Waals surface area (Å²) in [5, 5.41) is 3.06. The first-order valence-electron chi connectivity index (χ1n) is 6.86. The Morgan fingerprint density at radius 1 is 1.25 bits per heavy atom. The number of thiazole rings is 1. The summed E-state index contributed by atoms with van der Waals surface area (Å²) in [7, 11) is 0. The number of nitrogens with zero attached hydrogens (tertiary/aromatic N) is 1. The molecule has 4 heteroatoms. The molecule has 0 fully saturated rings. The molecule has 1 aromatic carbocycles. The van der Waals surface area contributed by atoms with Gasteiger partial charge in [0.1, 0.15) is 10.8 Å². The molecule has 1 atom stereocenters. The van der Waals surface area contributed by atoms with E-state index in [1.54, 1.807) is 11.3 Å². The minimum Gasteiger partial charge on any atom is -0.494 e. The molecule has 0 amide bonds. The number of nitrogens with two attached hydrogens (primary N) is 1. The molecule has 0 radical (unpaired) electrons. The molecule has 2 aromatic rings. The number of ether oxygens (including phenoxy) is 1. The number of rotatable bonds is 4. The van der Waals surface area contributed by atoms with Crippen molar-refractivity contribution in [1.29, 1.82) is 0 Å². The maximum atomic E-state index is 6.30. The fourth-order valence-corrected chi connectivity index (χ4v) is 2.93. The van der Waals surface area contributed by atoms with Crippen LogP contribution in [0.25, 0.3) is 0 Å². The van der Waals surface area contributed by atoms with E-state index >= 15 is 0 Å². The topological polar surface area (TPSA) is 48.1 Å². The van der Waals surface area contributed by atoms with Gasteiger partial charge in [0, 0.05) is 10.8 Å². The average Bonchev–Trinajstić information content (AvgIpc) is 2.89. The van der Waals surface area contributed by atoms with E-state index < -0.39 is 0 Å². The predicted molar refractivity (Wildman–Crippen MR) is 84.5 cm³/mol. The Morgan fingerprint density at radius 2 is 1.90 bits per heavy atom.